The number of fused-ring (bicyclic) bond motifs is 1. The second kappa shape index (κ2) is 9.46. The number of allylic oxidation sites excluding steroid dienone is 1. The molecule has 2 N–H and O–H groups in total. The number of rotatable bonds is 6. The summed E-state index contributed by atoms with van der Waals surface area (Å²) in [6, 6.07) is 19.0. The van der Waals surface area contributed by atoms with Crippen molar-refractivity contribution >= 4 is 5.97 Å². The van der Waals surface area contributed by atoms with Gasteiger partial charge < -0.3 is 29.4 Å². The van der Waals surface area contributed by atoms with Crippen molar-refractivity contribution < 1.29 is 28.5 Å². The lowest BCUT2D eigenvalue weighted by Gasteiger charge is -2.28. The van der Waals surface area contributed by atoms with Gasteiger partial charge in [-0.25, -0.2) is 4.79 Å². The molecule has 8 nitrogen and oxygen atoms in total. The number of nitrogens with two attached hydrogens (primary N) is 1. The monoisotopic (exact) mass is 458 g/mol. The molecule has 4 rings (SSSR count). The second-order valence-electron chi connectivity index (χ2n) is 7.35. The number of ether oxygens (including phenoxy) is 5. The summed E-state index contributed by atoms with van der Waals surface area (Å²) in [4.78, 5) is 12.6. The number of carbonyl (C=O) groups excluding carboxylic acids is 1. The zero-order valence-corrected chi connectivity index (χ0v) is 18.8. The molecule has 1 aliphatic heterocycles. The van der Waals surface area contributed by atoms with E-state index < -0.39 is 11.9 Å². The van der Waals surface area contributed by atoms with E-state index in [1.807, 2.05) is 0 Å². The Labute approximate surface area is 196 Å². The highest BCUT2D eigenvalue weighted by atomic mass is 16.5. The first kappa shape index (κ1) is 22.6. The molecule has 0 saturated carbocycles. The second-order valence-corrected chi connectivity index (χ2v) is 7.35. The first-order valence-electron chi connectivity index (χ1n) is 10.3. The van der Waals surface area contributed by atoms with Gasteiger partial charge in [0.2, 0.25) is 5.88 Å². The van der Waals surface area contributed by atoms with E-state index in [1.165, 1.54) is 0 Å². The zero-order valence-electron chi connectivity index (χ0n) is 18.8. The van der Waals surface area contributed by atoms with Crippen LogP contribution in [0.1, 0.15) is 27.4 Å². The predicted octanol–water partition coefficient (Wildman–Crippen LogP) is 4.15. The van der Waals surface area contributed by atoms with E-state index in [2.05, 4.69) is 6.07 Å². The van der Waals surface area contributed by atoms with Gasteiger partial charge in [-0.05, 0) is 48.5 Å². The molecule has 0 fully saturated rings. The Kier molecular flexibility index (Phi) is 6.28. The van der Waals surface area contributed by atoms with Crippen LogP contribution in [0.4, 0.5) is 0 Å². The third-order valence-corrected chi connectivity index (χ3v) is 5.47. The van der Waals surface area contributed by atoms with E-state index in [0.717, 1.165) is 0 Å². The number of hydrogen-bond donors (Lipinski definition) is 1. The minimum absolute atomic E-state index is 0.0384. The van der Waals surface area contributed by atoms with Crippen molar-refractivity contribution in [2.45, 2.75) is 5.92 Å². The number of nitriles is 1. The van der Waals surface area contributed by atoms with Crippen molar-refractivity contribution in [3.05, 3.63) is 88.8 Å². The number of esters is 1. The van der Waals surface area contributed by atoms with E-state index in [-0.39, 0.29) is 17.2 Å². The molecule has 1 heterocycles. The van der Waals surface area contributed by atoms with E-state index in [4.69, 9.17) is 29.4 Å². The average Bonchev–Trinajstić information content (AvgIpc) is 2.87. The van der Waals surface area contributed by atoms with Crippen LogP contribution in [-0.2, 0) is 0 Å². The molecule has 1 aliphatic rings. The number of nitrogens with zero attached hydrogens (tertiary/aromatic N) is 1. The Morgan fingerprint density at radius 3 is 2.21 bits per heavy atom. The molecular weight excluding hydrogens is 436 g/mol. The average molecular weight is 458 g/mol. The van der Waals surface area contributed by atoms with Gasteiger partial charge in [-0.1, -0.05) is 6.07 Å². The zero-order chi connectivity index (χ0) is 24.2. The van der Waals surface area contributed by atoms with Crippen molar-refractivity contribution in [3.63, 3.8) is 0 Å². The van der Waals surface area contributed by atoms with E-state index in [0.29, 0.717) is 39.7 Å². The SMILES string of the molecule is COc1ccc(C(=O)Oc2ccc3c(c2)OC(N)=C(C#N)C3c2cc(OC)ccc2OC)cc1. The lowest BCUT2D eigenvalue weighted by Crippen LogP contribution is -2.21. The Bertz CT molecular complexity index is 1310. The van der Waals surface area contributed by atoms with Crippen LogP contribution in [0, 0.1) is 11.3 Å². The summed E-state index contributed by atoms with van der Waals surface area (Å²) in [5, 5.41) is 9.83. The van der Waals surface area contributed by atoms with E-state index >= 15 is 0 Å². The fourth-order valence-corrected chi connectivity index (χ4v) is 3.78. The van der Waals surface area contributed by atoms with Crippen molar-refractivity contribution in [2.24, 2.45) is 5.73 Å². The van der Waals surface area contributed by atoms with Crippen LogP contribution in [0.2, 0.25) is 0 Å². The van der Waals surface area contributed by atoms with Crippen molar-refractivity contribution in [3.8, 4) is 34.8 Å². The van der Waals surface area contributed by atoms with Crippen LogP contribution >= 0.6 is 0 Å². The van der Waals surface area contributed by atoms with Gasteiger partial charge in [0.25, 0.3) is 0 Å². The fraction of sp³-hybridized carbons (Fsp3) is 0.154. The van der Waals surface area contributed by atoms with Crippen LogP contribution in [0.15, 0.2) is 72.1 Å². The van der Waals surface area contributed by atoms with Crippen molar-refractivity contribution in [1.29, 1.82) is 5.26 Å². The summed E-state index contributed by atoms with van der Waals surface area (Å²) >= 11 is 0. The molecule has 0 aromatic heterocycles. The fourth-order valence-electron chi connectivity index (χ4n) is 3.78. The molecule has 3 aromatic rings. The summed E-state index contributed by atoms with van der Waals surface area (Å²) in [5.74, 6) is 1.29. The standard InChI is InChI=1S/C26H22N2O6/c1-30-16-6-4-15(5-7-16)26(29)33-18-8-10-19-23(13-18)34-25(28)21(14-27)24(19)20-12-17(31-2)9-11-22(20)32-3/h4-13,24H,28H2,1-3H3. The Balaban J connectivity index is 1.71. The maximum Gasteiger partial charge on any atom is 0.343 e. The molecule has 0 radical (unpaired) electrons. The summed E-state index contributed by atoms with van der Waals surface area (Å²) in [6.07, 6.45) is 0. The third kappa shape index (κ3) is 4.19. The maximum absolute atomic E-state index is 12.6. The Morgan fingerprint density at radius 1 is 0.882 bits per heavy atom. The smallest absolute Gasteiger partial charge is 0.343 e. The highest BCUT2D eigenvalue weighted by Crippen LogP contribution is 2.46. The number of hydrogen-bond acceptors (Lipinski definition) is 8. The van der Waals surface area contributed by atoms with Crippen molar-refractivity contribution in [1.82, 2.24) is 0 Å². The Morgan fingerprint density at radius 2 is 1.56 bits per heavy atom. The molecule has 0 amide bonds. The first-order valence-corrected chi connectivity index (χ1v) is 10.3. The minimum atomic E-state index is -0.565. The van der Waals surface area contributed by atoms with Gasteiger partial charge in [0, 0.05) is 17.2 Å². The summed E-state index contributed by atoms with van der Waals surface area (Å²) in [7, 11) is 4.65. The Hall–Kier alpha value is -4.64. The molecule has 34 heavy (non-hydrogen) atoms. The highest BCUT2D eigenvalue weighted by molar-refractivity contribution is 5.91. The van der Waals surface area contributed by atoms with Crippen LogP contribution in [-0.4, -0.2) is 27.3 Å². The van der Waals surface area contributed by atoms with Gasteiger partial charge >= 0.3 is 5.97 Å². The van der Waals surface area contributed by atoms with Crippen LogP contribution in [0.3, 0.4) is 0 Å². The normalized spacial score (nSPS) is 14.4. The predicted molar refractivity (Wildman–Crippen MR) is 123 cm³/mol. The number of methoxy groups -OCH3 is 3. The first-order chi connectivity index (χ1) is 16.5. The third-order valence-electron chi connectivity index (χ3n) is 5.47. The van der Waals surface area contributed by atoms with Crippen LogP contribution in [0.25, 0.3) is 0 Å². The van der Waals surface area contributed by atoms with Gasteiger partial charge in [-0.15, -0.1) is 0 Å². The molecule has 0 spiro atoms. The topological polar surface area (TPSA) is 113 Å². The molecule has 1 atom stereocenters. The quantitative estimate of drug-likeness (QED) is 0.433. The molecule has 0 aliphatic carbocycles. The molecule has 3 aromatic carbocycles. The summed E-state index contributed by atoms with van der Waals surface area (Å²) < 4.78 is 27.3. The number of carbonyl (C=O) groups is 1. The van der Waals surface area contributed by atoms with Crippen LogP contribution in [0.5, 0.6) is 28.7 Å². The lowest BCUT2D eigenvalue weighted by atomic mass is 9.83. The lowest BCUT2D eigenvalue weighted by molar-refractivity contribution is 0.0734. The van der Waals surface area contributed by atoms with E-state index in [1.54, 1.807) is 82.0 Å². The molecular formula is C26H22N2O6. The molecule has 8 heteroatoms. The van der Waals surface area contributed by atoms with E-state index in [9.17, 15) is 10.1 Å². The number of benzene rings is 3. The molecule has 1 unspecified atom stereocenters. The highest BCUT2D eigenvalue weighted by Gasteiger charge is 2.33. The van der Waals surface area contributed by atoms with Gasteiger partial charge in [0.15, 0.2) is 0 Å². The molecule has 172 valence electrons. The largest absolute Gasteiger partial charge is 0.497 e. The van der Waals surface area contributed by atoms with Crippen molar-refractivity contribution in [2.75, 3.05) is 21.3 Å². The van der Waals surface area contributed by atoms with Gasteiger partial charge in [0.1, 0.15) is 40.4 Å². The minimum Gasteiger partial charge on any atom is -0.497 e. The molecule has 0 bridgehead atoms. The van der Waals surface area contributed by atoms with Gasteiger partial charge in [-0.3, -0.25) is 0 Å². The van der Waals surface area contributed by atoms with Gasteiger partial charge in [-0.2, -0.15) is 5.26 Å². The van der Waals surface area contributed by atoms with Crippen LogP contribution < -0.4 is 29.4 Å². The maximum atomic E-state index is 12.6. The summed E-state index contributed by atoms with van der Waals surface area (Å²) in [5.41, 5.74) is 8.07. The van der Waals surface area contributed by atoms with Gasteiger partial charge in [0.05, 0.1) is 32.8 Å². The molecule has 0 saturated heterocycles. The summed E-state index contributed by atoms with van der Waals surface area (Å²) in [6.45, 7) is 0.